The largest absolute Gasteiger partial charge is 0.493 e. The van der Waals surface area contributed by atoms with Gasteiger partial charge in [0.2, 0.25) is 0 Å². The van der Waals surface area contributed by atoms with Crippen LogP contribution in [-0.2, 0) is 6.54 Å². The molecule has 0 aliphatic heterocycles. The second-order valence-electron chi connectivity index (χ2n) is 6.09. The van der Waals surface area contributed by atoms with Crippen molar-refractivity contribution in [2.75, 3.05) is 19.5 Å². The van der Waals surface area contributed by atoms with E-state index in [4.69, 9.17) is 14.7 Å². The number of carbonyl (C=O) groups is 1. The zero-order valence-electron chi connectivity index (χ0n) is 16.1. The summed E-state index contributed by atoms with van der Waals surface area (Å²) in [5, 5.41) is 15.1. The summed E-state index contributed by atoms with van der Waals surface area (Å²) in [5.74, 6) is 1.54. The van der Waals surface area contributed by atoms with Gasteiger partial charge in [-0.25, -0.2) is 4.98 Å². The molecule has 0 aliphatic rings. The molecule has 0 spiro atoms. The number of carbonyl (C=O) groups excluding carboxylic acids is 1. The van der Waals surface area contributed by atoms with E-state index in [9.17, 15) is 4.79 Å². The van der Waals surface area contributed by atoms with Gasteiger partial charge in [-0.1, -0.05) is 18.2 Å². The molecule has 0 saturated heterocycles. The highest BCUT2D eigenvalue weighted by Crippen LogP contribution is 2.27. The second-order valence-corrected chi connectivity index (χ2v) is 6.09. The molecule has 0 aliphatic carbocycles. The van der Waals surface area contributed by atoms with Crippen molar-refractivity contribution < 1.29 is 14.3 Å². The molecule has 0 atom stereocenters. The van der Waals surface area contributed by atoms with E-state index in [1.54, 1.807) is 50.6 Å². The number of hydrogen-bond acceptors (Lipinski definition) is 6. The zero-order valence-corrected chi connectivity index (χ0v) is 16.1. The molecule has 1 aromatic heterocycles. The van der Waals surface area contributed by atoms with E-state index in [2.05, 4.69) is 21.7 Å². The van der Waals surface area contributed by atoms with Gasteiger partial charge >= 0.3 is 0 Å². The molecule has 0 saturated carbocycles. The number of rotatable bonds is 7. The molecule has 3 aromatic rings. The number of anilines is 2. The van der Waals surface area contributed by atoms with Gasteiger partial charge in [0.25, 0.3) is 5.91 Å². The predicted molar refractivity (Wildman–Crippen MR) is 109 cm³/mol. The third kappa shape index (κ3) is 4.82. The number of benzene rings is 2. The number of pyridine rings is 1. The Kier molecular flexibility index (Phi) is 6.28. The molecule has 0 unspecified atom stereocenters. The first kappa shape index (κ1) is 19.7. The predicted octanol–water partition coefficient (Wildman–Crippen LogP) is 3.64. The summed E-state index contributed by atoms with van der Waals surface area (Å²) in [6, 6.07) is 18.1. The Balaban J connectivity index is 1.63. The van der Waals surface area contributed by atoms with Gasteiger partial charge in [0.15, 0.2) is 11.5 Å². The van der Waals surface area contributed by atoms with Gasteiger partial charge in [-0.05, 0) is 42.0 Å². The Bertz CT molecular complexity index is 1040. The van der Waals surface area contributed by atoms with Gasteiger partial charge in [0, 0.05) is 12.7 Å². The number of ether oxygens (including phenoxy) is 2. The fraction of sp³-hybridized carbons (Fsp3) is 0.136. The Morgan fingerprint density at radius 1 is 1.07 bits per heavy atom. The average Bonchev–Trinajstić information content (AvgIpc) is 2.78. The molecule has 146 valence electrons. The number of methoxy groups -OCH3 is 2. The fourth-order valence-electron chi connectivity index (χ4n) is 2.70. The van der Waals surface area contributed by atoms with Crippen LogP contribution < -0.4 is 20.1 Å². The molecule has 2 N–H and O–H groups in total. The Morgan fingerprint density at radius 2 is 1.86 bits per heavy atom. The SMILES string of the molecule is COc1ccc(CNC(=O)c2ccc(Nc3ccccc3C#N)nc2)cc1OC. The quantitative estimate of drug-likeness (QED) is 0.641. The first-order valence-corrected chi connectivity index (χ1v) is 8.86. The van der Waals surface area contributed by atoms with Crippen molar-refractivity contribution in [1.29, 1.82) is 5.26 Å². The summed E-state index contributed by atoms with van der Waals surface area (Å²) in [7, 11) is 3.14. The van der Waals surface area contributed by atoms with Crippen LogP contribution >= 0.6 is 0 Å². The average molecular weight is 388 g/mol. The van der Waals surface area contributed by atoms with Crippen molar-refractivity contribution in [1.82, 2.24) is 10.3 Å². The number of nitrogens with one attached hydrogen (secondary N) is 2. The molecule has 29 heavy (non-hydrogen) atoms. The van der Waals surface area contributed by atoms with Gasteiger partial charge in [-0.15, -0.1) is 0 Å². The lowest BCUT2D eigenvalue weighted by atomic mass is 10.2. The normalized spacial score (nSPS) is 9.97. The summed E-state index contributed by atoms with van der Waals surface area (Å²) in [6.07, 6.45) is 1.49. The molecule has 0 radical (unpaired) electrons. The van der Waals surface area contributed by atoms with Crippen LogP contribution in [0.2, 0.25) is 0 Å². The van der Waals surface area contributed by atoms with Crippen LogP contribution in [0.15, 0.2) is 60.8 Å². The molecule has 1 amide bonds. The molecule has 1 heterocycles. The third-order valence-corrected chi connectivity index (χ3v) is 4.24. The fourth-order valence-corrected chi connectivity index (χ4v) is 2.70. The molecule has 0 fully saturated rings. The van der Waals surface area contributed by atoms with E-state index in [1.807, 2.05) is 18.2 Å². The number of amides is 1. The van der Waals surface area contributed by atoms with E-state index in [0.717, 1.165) is 5.56 Å². The maximum absolute atomic E-state index is 12.4. The lowest BCUT2D eigenvalue weighted by Gasteiger charge is -2.11. The number of nitriles is 1. The number of aromatic nitrogens is 1. The topological polar surface area (TPSA) is 96.3 Å². The highest BCUT2D eigenvalue weighted by Gasteiger charge is 2.09. The van der Waals surface area contributed by atoms with Crippen molar-refractivity contribution in [3.8, 4) is 17.6 Å². The smallest absolute Gasteiger partial charge is 0.253 e. The highest BCUT2D eigenvalue weighted by molar-refractivity contribution is 5.94. The summed E-state index contributed by atoms with van der Waals surface area (Å²) in [5.41, 5.74) is 2.50. The maximum Gasteiger partial charge on any atom is 0.253 e. The summed E-state index contributed by atoms with van der Waals surface area (Å²) in [6.45, 7) is 0.342. The monoisotopic (exact) mass is 388 g/mol. The van der Waals surface area contributed by atoms with Gasteiger partial charge in [-0.3, -0.25) is 4.79 Å². The number of para-hydroxylation sites is 1. The van der Waals surface area contributed by atoms with E-state index >= 15 is 0 Å². The third-order valence-electron chi connectivity index (χ3n) is 4.24. The van der Waals surface area contributed by atoms with Crippen LogP contribution in [0.3, 0.4) is 0 Å². The first-order chi connectivity index (χ1) is 14.1. The Hall–Kier alpha value is -4.05. The van der Waals surface area contributed by atoms with Crippen molar-refractivity contribution >= 4 is 17.4 Å². The lowest BCUT2D eigenvalue weighted by Crippen LogP contribution is -2.23. The van der Waals surface area contributed by atoms with Crippen molar-refractivity contribution in [2.45, 2.75) is 6.54 Å². The van der Waals surface area contributed by atoms with E-state index in [0.29, 0.717) is 40.7 Å². The summed E-state index contributed by atoms with van der Waals surface area (Å²) >= 11 is 0. The van der Waals surface area contributed by atoms with Gasteiger partial charge < -0.3 is 20.1 Å². The zero-order chi connectivity index (χ0) is 20.6. The maximum atomic E-state index is 12.4. The minimum Gasteiger partial charge on any atom is -0.493 e. The van der Waals surface area contributed by atoms with Crippen LogP contribution in [0, 0.1) is 11.3 Å². The number of hydrogen-bond donors (Lipinski definition) is 2. The minimum absolute atomic E-state index is 0.240. The lowest BCUT2D eigenvalue weighted by molar-refractivity contribution is 0.0950. The Labute approximate surface area is 168 Å². The molecule has 3 rings (SSSR count). The van der Waals surface area contributed by atoms with Crippen LogP contribution in [0.1, 0.15) is 21.5 Å². The summed E-state index contributed by atoms with van der Waals surface area (Å²) in [4.78, 5) is 16.7. The standard InChI is InChI=1S/C22H20N4O3/c1-28-19-9-7-15(11-20(19)29-2)13-25-22(27)17-8-10-21(24-14-17)26-18-6-4-3-5-16(18)12-23/h3-11,14H,13H2,1-2H3,(H,24,26)(H,25,27). The summed E-state index contributed by atoms with van der Waals surface area (Å²) < 4.78 is 10.5. The molecule has 0 bridgehead atoms. The highest BCUT2D eigenvalue weighted by atomic mass is 16.5. The van der Waals surface area contributed by atoms with Crippen LogP contribution in [-0.4, -0.2) is 25.1 Å². The molecular weight excluding hydrogens is 368 g/mol. The van der Waals surface area contributed by atoms with Crippen LogP contribution in [0.4, 0.5) is 11.5 Å². The van der Waals surface area contributed by atoms with Crippen molar-refractivity contribution in [3.63, 3.8) is 0 Å². The minimum atomic E-state index is -0.240. The first-order valence-electron chi connectivity index (χ1n) is 8.86. The molecule has 7 heteroatoms. The van der Waals surface area contributed by atoms with Crippen LogP contribution in [0.25, 0.3) is 0 Å². The van der Waals surface area contributed by atoms with E-state index < -0.39 is 0 Å². The van der Waals surface area contributed by atoms with Gasteiger partial charge in [0.1, 0.15) is 11.9 Å². The second kappa shape index (κ2) is 9.24. The van der Waals surface area contributed by atoms with Crippen LogP contribution in [0.5, 0.6) is 11.5 Å². The molecular formula is C22H20N4O3. The molecule has 7 nitrogen and oxygen atoms in total. The van der Waals surface area contributed by atoms with E-state index in [-0.39, 0.29) is 5.91 Å². The van der Waals surface area contributed by atoms with Gasteiger partial charge in [-0.2, -0.15) is 5.26 Å². The molecule has 2 aromatic carbocycles. The van der Waals surface area contributed by atoms with Crippen molar-refractivity contribution in [2.24, 2.45) is 0 Å². The Morgan fingerprint density at radius 3 is 2.55 bits per heavy atom. The van der Waals surface area contributed by atoms with Gasteiger partial charge in [0.05, 0.1) is 31.0 Å². The van der Waals surface area contributed by atoms with Crippen molar-refractivity contribution in [3.05, 3.63) is 77.5 Å². The number of nitrogens with zero attached hydrogens (tertiary/aromatic N) is 2. The van der Waals surface area contributed by atoms with E-state index in [1.165, 1.54) is 6.20 Å².